The summed E-state index contributed by atoms with van der Waals surface area (Å²) in [4.78, 5) is 21.9. The second-order valence-corrected chi connectivity index (χ2v) is 6.13. The summed E-state index contributed by atoms with van der Waals surface area (Å²) in [5.41, 5.74) is 3.63. The van der Waals surface area contributed by atoms with Crippen molar-refractivity contribution < 1.29 is 24.7 Å². The van der Waals surface area contributed by atoms with Crippen LogP contribution in [0.4, 0.5) is 5.69 Å². The first-order valence-corrected chi connectivity index (χ1v) is 8.74. The number of phenols is 2. The minimum absolute atomic E-state index is 0.0442. The molecule has 3 N–H and O–H groups in total. The molecule has 30 heavy (non-hydrogen) atoms. The molecule has 0 aliphatic carbocycles. The fourth-order valence-corrected chi connectivity index (χ4v) is 2.56. The van der Waals surface area contributed by atoms with Gasteiger partial charge in [0.25, 0.3) is 5.91 Å². The van der Waals surface area contributed by atoms with Gasteiger partial charge in [-0.05, 0) is 23.3 Å². The average molecular weight is 407 g/mol. The molecule has 0 radical (unpaired) electrons. The number of carbonyl (C=O) groups excluding carboxylic acids is 1. The molecule has 0 spiro atoms. The highest BCUT2D eigenvalue weighted by atomic mass is 16.6. The van der Waals surface area contributed by atoms with Crippen molar-refractivity contribution in [3.63, 3.8) is 0 Å². The molecule has 0 aliphatic heterocycles. The third-order valence-corrected chi connectivity index (χ3v) is 4.04. The fourth-order valence-electron chi connectivity index (χ4n) is 2.56. The molecule has 0 fully saturated rings. The van der Waals surface area contributed by atoms with E-state index in [2.05, 4.69) is 10.5 Å². The maximum Gasteiger partial charge on any atom is 0.311 e. The molecular formula is C21H17N3O6. The van der Waals surface area contributed by atoms with Crippen LogP contribution in [0.3, 0.4) is 0 Å². The maximum absolute atomic E-state index is 11.8. The van der Waals surface area contributed by atoms with Crippen molar-refractivity contribution in [3.05, 3.63) is 82.4 Å². The Kier molecular flexibility index (Phi) is 6.23. The van der Waals surface area contributed by atoms with Crippen molar-refractivity contribution in [2.45, 2.75) is 0 Å². The summed E-state index contributed by atoms with van der Waals surface area (Å²) >= 11 is 0. The first-order chi connectivity index (χ1) is 14.4. The van der Waals surface area contributed by atoms with E-state index in [1.54, 1.807) is 12.1 Å². The van der Waals surface area contributed by atoms with E-state index in [-0.39, 0.29) is 12.2 Å². The number of nitrogens with zero attached hydrogens (tertiary/aromatic N) is 2. The Morgan fingerprint density at radius 3 is 2.37 bits per heavy atom. The SMILES string of the molecule is O=C(COc1ccc(-c2ccccc2)cc1)N/N=C\c1cc([N+](=O)[O-])c(O)cc1O. The lowest BCUT2D eigenvalue weighted by Gasteiger charge is -2.07. The van der Waals surface area contributed by atoms with E-state index in [4.69, 9.17) is 4.74 Å². The molecule has 0 saturated carbocycles. The average Bonchev–Trinajstić information content (AvgIpc) is 2.74. The van der Waals surface area contributed by atoms with Crippen molar-refractivity contribution in [1.29, 1.82) is 0 Å². The van der Waals surface area contributed by atoms with Crippen molar-refractivity contribution in [2.75, 3.05) is 6.61 Å². The van der Waals surface area contributed by atoms with Crippen LogP contribution in [0.25, 0.3) is 11.1 Å². The van der Waals surface area contributed by atoms with E-state index in [9.17, 15) is 25.1 Å². The molecule has 9 nitrogen and oxygen atoms in total. The van der Waals surface area contributed by atoms with Crippen LogP contribution in [0.15, 0.2) is 71.8 Å². The zero-order valence-corrected chi connectivity index (χ0v) is 15.6. The lowest BCUT2D eigenvalue weighted by atomic mass is 10.1. The van der Waals surface area contributed by atoms with Crippen molar-refractivity contribution in [1.82, 2.24) is 5.43 Å². The van der Waals surface area contributed by atoms with Crippen molar-refractivity contribution in [2.24, 2.45) is 5.10 Å². The first kappa shape index (κ1) is 20.3. The molecule has 3 aromatic carbocycles. The van der Waals surface area contributed by atoms with Crippen LogP contribution >= 0.6 is 0 Å². The van der Waals surface area contributed by atoms with E-state index >= 15 is 0 Å². The molecule has 0 saturated heterocycles. The minimum Gasteiger partial charge on any atom is -0.507 e. The van der Waals surface area contributed by atoms with Gasteiger partial charge in [0, 0.05) is 17.7 Å². The number of amides is 1. The number of nitrogens with one attached hydrogen (secondary N) is 1. The first-order valence-electron chi connectivity index (χ1n) is 8.74. The summed E-state index contributed by atoms with van der Waals surface area (Å²) in [6, 6.07) is 18.8. The smallest absolute Gasteiger partial charge is 0.311 e. The third kappa shape index (κ3) is 5.10. The monoisotopic (exact) mass is 407 g/mol. The van der Waals surface area contributed by atoms with Crippen molar-refractivity contribution in [3.8, 4) is 28.4 Å². The molecule has 0 aliphatic rings. The molecule has 152 valence electrons. The van der Waals surface area contributed by atoms with Crippen LogP contribution < -0.4 is 10.2 Å². The highest BCUT2D eigenvalue weighted by molar-refractivity contribution is 5.87. The van der Waals surface area contributed by atoms with Crippen LogP contribution in [0.5, 0.6) is 17.2 Å². The summed E-state index contributed by atoms with van der Waals surface area (Å²) in [5.74, 6) is -1.16. The van der Waals surface area contributed by atoms with Gasteiger partial charge in [-0.15, -0.1) is 0 Å². The van der Waals surface area contributed by atoms with Gasteiger partial charge in [-0.2, -0.15) is 5.10 Å². The zero-order chi connectivity index (χ0) is 21.5. The summed E-state index contributed by atoms with van der Waals surface area (Å²) in [7, 11) is 0. The molecule has 0 aromatic heterocycles. The Bertz CT molecular complexity index is 1080. The van der Waals surface area contributed by atoms with Crippen LogP contribution in [-0.2, 0) is 4.79 Å². The van der Waals surface area contributed by atoms with Gasteiger partial charge in [0.2, 0.25) is 0 Å². The van der Waals surface area contributed by atoms with Gasteiger partial charge in [0.15, 0.2) is 12.4 Å². The number of nitro groups is 1. The van der Waals surface area contributed by atoms with E-state index in [0.717, 1.165) is 29.5 Å². The number of aromatic hydroxyl groups is 2. The largest absolute Gasteiger partial charge is 0.507 e. The van der Waals surface area contributed by atoms with Gasteiger partial charge in [0.05, 0.1) is 11.1 Å². The maximum atomic E-state index is 11.8. The number of rotatable bonds is 7. The standard InChI is InChI=1S/C21H17N3O6/c25-19-11-20(26)18(24(28)29)10-16(19)12-22-23-21(27)13-30-17-8-6-15(7-9-17)14-4-2-1-3-5-14/h1-12,25-26H,13H2,(H,23,27)/b22-12-. The molecule has 3 rings (SSSR count). The molecule has 0 atom stereocenters. The number of hydrogen-bond acceptors (Lipinski definition) is 7. The van der Waals surface area contributed by atoms with Crippen LogP contribution in [0.1, 0.15) is 5.56 Å². The molecular weight excluding hydrogens is 390 g/mol. The van der Waals surface area contributed by atoms with Crippen LogP contribution in [0, 0.1) is 10.1 Å². The molecule has 0 bridgehead atoms. The number of hydrazone groups is 1. The number of ether oxygens (including phenoxy) is 1. The van der Waals surface area contributed by atoms with E-state index in [1.165, 1.54) is 0 Å². The Balaban J connectivity index is 1.54. The second-order valence-electron chi connectivity index (χ2n) is 6.13. The van der Waals surface area contributed by atoms with Gasteiger partial charge in [-0.25, -0.2) is 5.43 Å². The van der Waals surface area contributed by atoms with E-state index in [1.807, 2.05) is 42.5 Å². The summed E-state index contributed by atoms with van der Waals surface area (Å²) in [6.07, 6.45) is 1.02. The van der Waals surface area contributed by atoms with Gasteiger partial charge in [-0.1, -0.05) is 42.5 Å². The van der Waals surface area contributed by atoms with E-state index < -0.39 is 28.0 Å². The lowest BCUT2D eigenvalue weighted by molar-refractivity contribution is -0.385. The summed E-state index contributed by atoms with van der Waals surface area (Å²) < 4.78 is 5.39. The third-order valence-electron chi connectivity index (χ3n) is 4.04. The quantitative estimate of drug-likeness (QED) is 0.313. The number of nitro benzene ring substituents is 1. The Morgan fingerprint density at radius 1 is 1.03 bits per heavy atom. The Morgan fingerprint density at radius 2 is 1.70 bits per heavy atom. The van der Waals surface area contributed by atoms with Gasteiger partial charge >= 0.3 is 5.69 Å². The van der Waals surface area contributed by atoms with Gasteiger partial charge in [0.1, 0.15) is 11.5 Å². The Labute approximate surface area is 171 Å². The predicted molar refractivity (Wildman–Crippen MR) is 110 cm³/mol. The highest BCUT2D eigenvalue weighted by Gasteiger charge is 2.16. The number of phenolic OH excluding ortho intramolecular Hbond substituents is 2. The zero-order valence-electron chi connectivity index (χ0n) is 15.6. The number of carbonyl (C=O) groups is 1. The van der Waals surface area contributed by atoms with Gasteiger partial charge in [-0.3, -0.25) is 14.9 Å². The molecule has 9 heteroatoms. The summed E-state index contributed by atoms with van der Waals surface area (Å²) in [6.45, 7) is -0.302. The summed E-state index contributed by atoms with van der Waals surface area (Å²) in [5, 5.41) is 33.6. The minimum atomic E-state index is -0.804. The molecule has 0 unspecified atom stereocenters. The molecule has 3 aromatic rings. The Hall–Kier alpha value is -4.40. The lowest BCUT2D eigenvalue weighted by Crippen LogP contribution is -2.24. The normalized spacial score (nSPS) is 10.7. The molecule has 1 amide bonds. The second kappa shape index (κ2) is 9.20. The van der Waals surface area contributed by atoms with Crippen LogP contribution in [0.2, 0.25) is 0 Å². The topological polar surface area (TPSA) is 134 Å². The fraction of sp³-hybridized carbons (Fsp3) is 0.0476. The van der Waals surface area contributed by atoms with E-state index in [0.29, 0.717) is 5.75 Å². The predicted octanol–water partition coefficient (Wildman–Crippen LogP) is 3.20. The van der Waals surface area contributed by atoms with Crippen LogP contribution in [-0.4, -0.2) is 33.9 Å². The van der Waals surface area contributed by atoms with Gasteiger partial charge < -0.3 is 14.9 Å². The number of benzene rings is 3. The highest BCUT2D eigenvalue weighted by Crippen LogP contribution is 2.31. The molecule has 0 heterocycles. The van der Waals surface area contributed by atoms with Crippen molar-refractivity contribution >= 4 is 17.8 Å². The number of hydrogen-bond donors (Lipinski definition) is 3.